The molecule has 3 aliphatic heterocycles. The van der Waals surface area contributed by atoms with Crippen molar-refractivity contribution >= 4 is 46.3 Å². The lowest BCUT2D eigenvalue weighted by Crippen LogP contribution is -2.50. The second-order valence-corrected chi connectivity index (χ2v) is 19.9. The molecule has 5 heterocycles. The van der Waals surface area contributed by atoms with E-state index in [4.69, 9.17) is 19.3 Å². The summed E-state index contributed by atoms with van der Waals surface area (Å²) in [5, 5.41) is 17.8. The molecule has 5 amide bonds. The molecule has 4 aliphatic rings. The Morgan fingerprint density at radius 3 is 2.41 bits per heavy atom. The highest BCUT2D eigenvalue weighted by molar-refractivity contribution is 6.06. The molecule has 0 radical (unpaired) electrons. The van der Waals surface area contributed by atoms with E-state index in [2.05, 4.69) is 31.2 Å². The van der Waals surface area contributed by atoms with E-state index < -0.39 is 40.7 Å². The number of urea groups is 1. The summed E-state index contributed by atoms with van der Waals surface area (Å²) in [6.45, 7) is 5.20. The van der Waals surface area contributed by atoms with E-state index >= 15 is 4.39 Å². The van der Waals surface area contributed by atoms with Crippen molar-refractivity contribution in [1.82, 2.24) is 40.6 Å². The van der Waals surface area contributed by atoms with Crippen molar-refractivity contribution in [3.8, 4) is 22.6 Å². The third-order valence-corrected chi connectivity index (χ3v) is 15.0. The molecule has 17 nitrogen and oxygen atoms in total. The molecule has 1 unspecified atom stereocenters. The van der Waals surface area contributed by atoms with Crippen LogP contribution in [0.5, 0.6) is 11.5 Å². The fourth-order valence-electron chi connectivity index (χ4n) is 10.6. The lowest BCUT2D eigenvalue weighted by atomic mass is 9.86. The second-order valence-electron chi connectivity index (χ2n) is 19.9. The number of benzene rings is 4. The summed E-state index contributed by atoms with van der Waals surface area (Å²) < 4.78 is 63.6. The number of imide groups is 1. The van der Waals surface area contributed by atoms with Crippen LogP contribution in [0.2, 0.25) is 0 Å². The van der Waals surface area contributed by atoms with E-state index in [9.17, 15) is 28.0 Å². The average molecular weight is 1030 g/mol. The molecule has 3 saturated heterocycles. The van der Waals surface area contributed by atoms with Crippen LogP contribution < -0.4 is 35.6 Å². The number of methoxy groups -OCH3 is 1. The summed E-state index contributed by atoms with van der Waals surface area (Å²) in [5.41, 5.74) is 4.21. The van der Waals surface area contributed by atoms with Gasteiger partial charge in [0.05, 0.1) is 36.4 Å². The third kappa shape index (κ3) is 11.4. The molecule has 6 aromatic rings. The summed E-state index contributed by atoms with van der Waals surface area (Å²) in [5.74, 6) is -5.16. The number of nitrogens with zero attached hydrogens (tertiary/aromatic N) is 6. The molecule has 4 aromatic carbocycles. The van der Waals surface area contributed by atoms with Gasteiger partial charge in [0, 0.05) is 92.5 Å². The Morgan fingerprint density at radius 2 is 1.67 bits per heavy atom. The Morgan fingerprint density at radius 1 is 0.893 bits per heavy atom. The molecule has 2 aromatic heterocycles. The van der Waals surface area contributed by atoms with Crippen LogP contribution in [0.25, 0.3) is 22.0 Å². The van der Waals surface area contributed by atoms with Crippen LogP contribution in [0.15, 0.2) is 85.3 Å². The first-order valence-electron chi connectivity index (χ1n) is 25.5. The minimum Gasteiger partial charge on any atom is -0.497 e. The van der Waals surface area contributed by atoms with Crippen molar-refractivity contribution in [2.45, 2.75) is 82.6 Å². The van der Waals surface area contributed by atoms with E-state index in [1.54, 1.807) is 48.8 Å². The molecular formula is C55H59F3N10O7. The number of halogens is 3. The highest BCUT2D eigenvalue weighted by Crippen LogP contribution is 2.38. The maximum atomic E-state index is 15.0. The Hall–Kier alpha value is -7.58. The molecule has 1 saturated carbocycles. The van der Waals surface area contributed by atoms with Crippen molar-refractivity contribution in [3.05, 3.63) is 125 Å². The lowest BCUT2D eigenvalue weighted by molar-refractivity contribution is -0.120. The lowest BCUT2D eigenvalue weighted by Gasteiger charge is -2.39. The third-order valence-electron chi connectivity index (χ3n) is 15.0. The number of aryl methyl sites for hydroxylation is 1. The molecule has 10 rings (SSSR count). The van der Waals surface area contributed by atoms with Gasteiger partial charge < -0.3 is 35.1 Å². The van der Waals surface area contributed by atoms with Crippen molar-refractivity contribution < 1.29 is 46.6 Å². The number of aromatic nitrogens is 4. The molecule has 75 heavy (non-hydrogen) atoms. The topological polar surface area (TPSA) is 194 Å². The summed E-state index contributed by atoms with van der Waals surface area (Å²) in [6, 6.07) is 18.6. The van der Waals surface area contributed by atoms with Gasteiger partial charge in [-0.1, -0.05) is 30.3 Å². The van der Waals surface area contributed by atoms with Crippen molar-refractivity contribution in [2.75, 3.05) is 63.2 Å². The predicted molar refractivity (Wildman–Crippen MR) is 273 cm³/mol. The normalized spacial score (nSPS) is 19.6. The number of hydrogen-bond acceptors (Lipinski definition) is 12. The van der Waals surface area contributed by atoms with Gasteiger partial charge in [-0.2, -0.15) is 9.49 Å². The SMILES string of the molecule is COc1ccc(COc2c(F)cc(C(=O)NCC3CCC(n4cc5ccc(-c6cnc(NCCNC7COC8(CCN(C(=O)c9ccc(C)c(N%10CCC(=O)NC%10=O)c9)CC8)C7)nc6)cc5n4)CC3)c(F)c2F)cc1. The fourth-order valence-corrected chi connectivity index (χ4v) is 10.6. The van der Waals surface area contributed by atoms with E-state index in [1.807, 2.05) is 47.0 Å². The van der Waals surface area contributed by atoms with Crippen molar-refractivity contribution in [2.24, 2.45) is 5.92 Å². The number of carbonyl (C=O) groups is 4. The number of hydrogen-bond donors (Lipinski definition) is 4. The highest BCUT2D eigenvalue weighted by Gasteiger charge is 2.43. The minimum absolute atomic E-state index is 0.0867. The number of amides is 5. The summed E-state index contributed by atoms with van der Waals surface area (Å²) in [7, 11) is 1.51. The zero-order valence-electron chi connectivity index (χ0n) is 41.8. The number of carbonyl (C=O) groups excluding carboxylic acids is 4. The Bertz CT molecular complexity index is 3090. The van der Waals surface area contributed by atoms with Gasteiger partial charge in [0.25, 0.3) is 11.8 Å². The van der Waals surface area contributed by atoms with Gasteiger partial charge in [-0.3, -0.25) is 29.3 Å². The first-order chi connectivity index (χ1) is 36.3. The summed E-state index contributed by atoms with van der Waals surface area (Å²) >= 11 is 0. The molecule has 4 N–H and O–H groups in total. The highest BCUT2D eigenvalue weighted by atomic mass is 19.2. The first kappa shape index (κ1) is 50.9. The van der Waals surface area contributed by atoms with Gasteiger partial charge in [-0.05, 0) is 111 Å². The fraction of sp³-hybridized carbons (Fsp3) is 0.400. The van der Waals surface area contributed by atoms with Crippen LogP contribution in [-0.4, -0.2) is 113 Å². The van der Waals surface area contributed by atoms with Gasteiger partial charge in [0.1, 0.15) is 12.4 Å². The molecule has 0 bridgehead atoms. The van der Waals surface area contributed by atoms with Gasteiger partial charge in [-0.25, -0.2) is 23.5 Å². The summed E-state index contributed by atoms with van der Waals surface area (Å²) in [4.78, 5) is 63.2. The number of fused-ring (bicyclic) bond motifs is 1. The average Bonchev–Trinajstić information content (AvgIpc) is 4.04. The second kappa shape index (κ2) is 22.1. The van der Waals surface area contributed by atoms with E-state index in [0.29, 0.717) is 67.4 Å². The monoisotopic (exact) mass is 1030 g/mol. The number of piperidine rings is 1. The van der Waals surface area contributed by atoms with Gasteiger partial charge in [0.15, 0.2) is 17.4 Å². The number of rotatable bonds is 16. The number of ether oxygens (including phenoxy) is 3. The van der Waals surface area contributed by atoms with Crippen molar-refractivity contribution in [3.63, 3.8) is 0 Å². The van der Waals surface area contributed by atoms with Crippen LogP contribution in [-0.2, 0) is 16.1 Å². The molecule has 1 atom stereocenters. The van der Waals surface area contributed by atoms with Crippen LogP contribution in [0, 0.1) is 30.3 Å². The predicted octanol–water partition coefficient (Wildman–Crippen LogP) is 7.88. The smallest absolute Gasteiger partial charge is 0.328 e. The molecule has 1 aliphatic carbocycles. The Kier molecular flexibility index (Phi) is 15.0. The number of likely N-dealkylation sites (tertiary alicyclic amines) is 1. The van der Waals surface area contributed by atoms with Gasteiger partial charge in [-0.15, -0.1) is 0 Å². The maximum absolute atomic E-state index is 15.0. The van der Waals surface area contributed by atoms with Crippen LogP contribution in [0.4, 0.5) is 29.6 Å². The van der Waals surface area contributed by atoms with E-state index in [1.165, 1.54) is 12.0 Å². The maximum Gasteiger partial charge on any atom is 0.328 e. The molecular weight excluding hydrogens is 970 g/mol. The molecule has 392 valence electrons. The minimum atomic E-state index is -1.56. The van der Waals surface area contributed by atoms with Crippen LogP contribution >= 0.6 is 0 Å². The zero-order chi connectivity index (χ0) is 52.2. The molecule has 4 fully saturated rings. The van der Waals surface area contributed by atoms with Gasteiger partial charge >= 0.3 is 6.03 Å². The van der Waals surface area contributed by atoms with Crippen LogP contribution in [0.3, 0.4) is 0 Å². The quantitative estimate of drug-likeness (QED) is 0.0542. The Balaban J connectivity index is 0.639. The van der Waals surface area contributed by atoms with E-state index in [0.717, 1.165) is 72.5 Å². The standard InChI is InChI=1S/C55H59F3N10O7/c1-33-3-8-37(24-46(33)67-20-15-47(69)64-54(67)72)52(71)66-21-16-55(17-22-66)26-40(32-75-55)59-18-19-60-53-62-28-39(29-63-53)36-9-10-38-30-68(65-45(38)23-36)41-11-4-34(5-12-41)27-61-51(70)43-25-44(56)50(49(58)48(43)57)74-31-35-6-13-42(73-2)14-7-35/h3,6-10,13-14,23-25,28-30,34,40-41,59H,4-5,11-12,15-22,26-27,31-32H2,1-2H3,(H,61,70)(H,60,62,63)(H,64,69,72). The first-order valence-corrected chi connectivity index (χ1v) is 25.5. The van der Waals surface area contributed by atoms with Crippen LogP contribution in [0.1, 0.15) is 89.3 Å². The van der Waals surface area contributed by atoms with Gasteiger partial charge in [0.2, 0.25) is 17.7 Å². The largest absolute Gasteiger partial charge is 0.497 e. The van der Waals surface area contributed by atoms with E-state index in [-0.39, 0.29) is 61.5 Å². The summed E-state index contributed by atoms with van der Waals surface area (Å²) in [6.07, 6.45) is 11.3. The number of nitrogens with one attached hydrogen (secondary N) is 4. The zero-order valence-corrected chi connectivity index (χ0v) is 41.8. The number of anilines is 2. The van der Waals surface area contributed by atoms with Crippen molar-refractivity contribution in [1.29, 1.82) is 0 Å². The Labute approximate surface area is 431 Å². The molecule has 1 spiro atoms. The molecule has 20 heteroatoms.